The van der Waals surface area contributed by atoms with Crippen molar-refractivity contribution in [3.05, 3.63) is 12.2 Å². The van der Waals surface area contributed by atoms with Gasteiger partial charge in [0.1, 0.15) is 0 Å². The molecule has 1 atom stereocenters. The number of hydrogen-bond acceptors (Lipinski definition) is 1. The van der Waals surface area contributed by atoms with Gasteiger partial charge in [-0.15, -0.1) is 11.6 Å². The summed E-state index contributed by atoms with van der Waals surface area (Å²) in [5, 5.41) is 0. The zero-order valence-electron chi connectivity index (χ0n) is 9.52. The van der Waals surface area contributed by atoms with Gasteiger partial charge in [-0.25, -0.2) is 0 Å². The van der Waals surface area contributed by atoms with Crippen LogP contribution in [0.15, 0.2) is 12.2 Å². The highest BCUT2D eigenvalue weighted by Crippen LogP contribution is 2.08. The van der Waals surface area contributed by atoms with Crippen LogP contribution in [-0.4, -0.2) is 18.6 Å². The Morgan fingerprint density at radius 2 is 2.07 bits per heavy atom. The summed E-state index contributed by atoms with van der Waals surface area (Å²) in [5.41, 5.74) is 0.965. The van der Waals surface area contributed by atoms with Crippen LogP contribution in [0.3, 0.4) is 0 Å². The first kappa shape index (κ1) is 14.0. The van der Waals surface area contributed by atoms with E-state index in [1.165, 1.54) is 25.7 Å². The van der Waals surface area contributed by atoms with Crippen LogP contribution in [0, 0.1) is 0 Å². The van der Waals surface area contributed by atoms with Gasteiger partial charge < -0.3 is 4.74 Å². The monoisotopic (exact) mass is 218 g/mol. The van der Waals surface area contributed by atoms with Crippen molar-refractivity contribution >= 4 is 11.6 Å². The Hall–Kier alpha value is -0.0100. The lowest BCUT2D eigenvalue weighted by Gasteiger charge is -2.13. The van der Waals surface area contributed by atoms with Crippen LogP contribution in [0.2, 0.25) is 0 Å². The van der Waals surface area contributed by atoms with E-state index in [9.17, 15) is 0 Å². The first-order chi connectivity index (χ1) is 6.70. The molecule has 0 aromatic carbocycles. The molecule has 0 amide bonds. The number of hydrogen-bond donors (Lipinski definition) is 0. The number of alkyl halides is 1. The summed E-state index contributed by atoms with van der Waals surface area (Å²) < 4.78 is 5.59. The van der Waals surface area contributed by atoms with Crippen LogP contribution in [0.1, 0.15) is 46.0 Å². The first-order valence-corrected chi connectivity index (χ1v) is 6.08. The lowest BCUT2D eigenvalue weighted by Crippen LogP contribution is -2.10. The van der Waals surface area contributed by atoms with Crippen LogP contribution in [0.25, 0.3) is 0 Å². The summed E-state index contributed by atoms with van der Waals surface area (Å²) >= 11 is 5.60. The van der Waals surface area contributed by atoms with E-state index in [1.54, 1.807) is 0 Å². The van der Waals surface area contributed by atoms with Gasteiger partial charge in [-0.05, 0) is 18.9 Å². The second-order valence-electron chi connectivity index (χ2n) is 3.85. The van der Waals surface area contributed by atoms with Crippen molar-refractivity contribution in [1.29, 1.82) is 0 Å². The Bertz CT molecular complexity index is 145. The molecule has 84 valence electrons. The van der Waals surface area contributed by atoms with Gasteiger partial charge in [0.15, 0.2) is 0 Å². The lowest BCUT2D eigenvalue weighted by molar-refractivity contribution is 0.0755. The molecule has 0 rings (SSSR count). The molecular weight excluding hydrogens is 196 g/mol. The van der Waals surface area contributed by atoms with E-state index < -0.39 is 0 Å². The zero-order chi connectivity index (χ0) is 10.8. The van der Waals surface area contributed by atoms with Gasteiger partial charge >= 0.3 is 0 Å². The van der Waals surface area contributed by atoms with Crippen LogP contribution in [0.4, 0.5) is 0 Å². The molecule has 0 heterocycles. The summed E-state index contributed by atoms with van der Waals surface area (Å²) in [5.74, 6) is 0.503. The van der Waals surface area contributed by atoms with Crippen molar-refractivity contribution in [2.45, 2.75) is 52.1 Å². The Kier molecular flexibility index (Phi) is 9.53. The molecule has 0 aliphatic heterocycles. The molecule has 14 heavy (non-hydrogen) atoms. The molecule has 0 N–H and O–H groups in total. The molecule has 1 nitrogen and oxygen atoms in total. The summed E-state index contributed by atoms with van der Waals surface area (Å²) in [7, 11) is 0. The maximum atomic E-state index is 5.60. The van der Waals surface area contributed by atoms with Gasteiger partial charge in [0, 0.05) is 5.88 Å². The highest BCUT2D eigenvalue weighted by molar-refractivity contribution is 6.19. The molecule has 1 unspecified atom stereocenters. The summed E-state index contributed by atoms with van der Waals surface area (Å²) in [4.78, 5) is 0. The topological polar surface area (TPSA) is 9.23 Å². The zero-order valence-corrected chi connectivity index (χ0v) is 10.3. The van der Waals surface area contributed by atoms with Crippen molar-refractivity contribution in [2.75, 3.05) is 12.5 Å². The van der Waals surface area contributed by atoms with E-state index >= 15 is 0 Å². The fourth-order valence-electron chi connectivity index (χ4n) is 1.24. The fourth-order valence-corrected chi connectivity index (χ4v) is 1.32. The molecule has 0 spiro atoms. The van der Waals surface area contributed by atoms with Gasteiger partial charge in [0.05, 0.1) is 12.7 Å². The molecule has 0 bridgehead atoms. The minimum Gasteiger partial charge on any atom is -0.374 e. The van der Waals surface area contributed by atoms with E-state index in [2.05, 4.69) is 20.4 Å². The third-order valence-electron chi connectivity index (χ3n) is 2.23. The standard InChI is InChI=1S/C12H23ClO/c1-4-5-6-7-8-12(3)14-10-11(2)9-13/h12H,2,4-10H2,1,3H3. The molecule has 0 fully saturated rings. The van der Waals surface area contributed by atoms with Crippen LogP contribution >= 0.6 is 11.6 Å². The third kappa shape index (κ3) is 8.58. The second-order valence-corrected chi connectivity index (χ2v) is 4.12. The van der Waals surface area contributed by atoms with E-state index in [0.29, 0.717) is 18.6 Å². The molecule has 0 radical (unpaired) electrons. The molecule has 0 saturated carbocycles. The maximum absolute atomic E-state index is 5.60. The summed E-state index contributed by atoms with van der Waals surface area (Å²) in [6.45, 7) is 8.75. The third-order valence-corrected chi connectivity index (χ3v) is 2.60. The first-order valence-electron chi connectivity index (χ1n) is 5.55. The predicted octanol–water partition coefficient (Wildman–Crippen LogP) is 4.16. The van der Waals surface area contributed by atoms with E-state index in [0.717, 1.165) is 12.0 Å². The number of halogens is 1. The molecule has 0 saturated heterocycles. The number of ether oxygens (including phenoxy) is 1. The van der Waals surface area contributed by atoms with E-state index in [-0.39, 0.29) is 0 Å². The van der Waals surface area contributed by atoms with Crippen LogP contribution in [0.5, 0.6) is 0 Å². The molecular formula is C12H23ClO. The Balaban J connectivity index is 3.27. The summed E-state index contributed by atoms with van der Waals surface area (Å²) in [6, 6.07) is 0. The second kappa shape index (κ2) is 9.54. The largest absolute Gasteiger partial charge is 0.374 e. The predicted molar refractivity (Wildman–Crippen MR) is 64.0 cm³/mol. The van der Waals surface area contributed by atoms with Gasteiger partial charge in [0.25, 0.3) is 0 Å². The van der Waals surface area contributed by atoms with Gasteiger partial charge in [-0.3, -0.25) is 0 Å². The Morgan fingerprint density at radius 1 is 1.36 bits per heavy atom. The van der Waals surface area contributed by atoms with Crippen LogP contribution in [-0.2, 0) is 4.74 Å². The molecule has 0 aromatic rings. The van der Waals surface area contributed by atoms with Crippen molar-refractivity contribution in [3.63, 3.8) is 0 Å². The minimum atomic E-state index is 0.340. The Morgan fingerprint density at radius 3 is 2.64 bits per heavy atom. The molecule has 0 aromatic heterocycles. The maximum Gasteiger partial charge on any atom is 0.0689 e. The van der Waals surface area contributed by atoms with Crippen molar-refractivity contribution in [1.82, 2.24) is 0 Å². The average Bonchev–Trinajstić information content (AvgIpc) is 2.21. The minimum absolute atomic E-state index is 0.340. The van der Waals surface area contributed by atoms with E-state index in [1.807, 2.05) is 0 Å². The highest BCUT2D eigenvalue weighted by Gasteiger charge is 2.02. The lowest BCUT2D eigenvalue weighted by atomic mass is 10.1. The molecule has 0 aliphatic carbocycles. The highest BCUT2D eigenvalue weighted by atomic mass is 35.5. The van der Waals surface area contributed by atoms with Crippen molar-refractivity contribution in [2.24, 2.45) is 0 Å². The average molecular weight is 219 g/mol. The molecule has 0 aliphatic rings. The van der Waals surface area contributed by atoms with Gasteiger partial charge in [0.2, 0.25) is 0 Å². The van der Waals surface area contributed by atoms with Gasteiger partial charge in [-0.1, -0.05) is 39.2 Å². The summed E-state index contributed by atoms with van der Waals surface area (Å²) in [6.07, 6.45) is 6.70. The van der Waals surface area contributed by atoms with Crippen LogP contribution < -0.4 is 0 Å². The van der Waals surface area contributed by atoms with Gasteiger partial charge in [-0.2, -0.15) is 0 Å². The molecule has 2 heteroatoms. The number of rotatable bonds is 9. The normalized spacial score (nSPS) is 12.8. The number of unbranched alkanes of at least 4 members (excludes halogenated alkanes) is 3. The van der Waals surface area contributed by atoms with Crippen molar-refractivity contribution in [3.8, 4) is 0 Å². The quantitative estimate of drug-likeness (QED) is 0.321. The van der Waals surface area contributed by atoms with Crippen molar-refractivity contribution < 1.29 is 4.74 Å². The fraction of sp³-hybridized carbons (Fsp3) is 0.833. The van der Waals surface area contributed by atoms with E-state index in [4.69, 9.17) is 16.3 Å². The smallest absolute Gasteiger partial charge is 0.0689 e. The SMILES string of the molecule is C=C(CCl)COC(C)CCCCCC. The Labute approximate surface area is 93.5 Å².